The minimum atomic E-state index is -0.387. The van der Waals surface area contributed by atoms with Crippen molar-refractivity contribution in [1.29, 1.82) is 0 Å². The standard InChI is InChI=1S/C14H21N5O2/c1-3-6-12-13(14(20)21-4-2)16-17-19(12)9-5-8-18-10-7-15-11-18/h7,10-11H,3-6,8-9H2,1-2H3. The summed E-state index contributed by atoms with van der Waals surface area (Å²) in [6.45, 7) is 5.78. The summed E-state index contributed by atoms with van der Waals surface area (Å²) < 4.78 is 8.85. The monoisotopic (exact) mass is 291 g/mol. The molecule has 0 aliphatic rings. The topological polar surface area (TPSA) is 74.8 Å². The molecule has 114 valence electrons. The Bertz CT molecular complexity index is 562. The van der Waals surface area contributed by atoms with Crippen LogP contribution in [0.2, 0.25) is 0 Å². The molecule has 0 unspecified atom stereocenters. The van der Waals surface area contributed by atoms with E-state index in [4.69, 9.17) is 4.74 Å². The van der Waals surface area contributed by atoms with Gasteiger partial charge in [-0.05, 0) is 19.8 Å². The second-order valence-corrected chi connectivity index (χ2v) is 4.73. The number of carbonyl (C=O) groups is 1. The lowest BCUT2D eigenvalue weighted by molar-refractivity contribution is 0.0518. The Morgan fingerprint density at radius 2 is 2.19 bits per heavy atom. The first-order valence-electron chi connectivity index (χ1n) is 7.31. The first-order valence-corrected chi connectivity index (χ1v) is 7.31. The van der Waals surface area contributed by atoms with Crippen LogP contribution in [-0.4, -0.2) is 37.1 Å². The van der Waals surface area contributed by atoms with Crippen LogP contribution in [0.25, 0.3) is 0 Å². The van der Waals surface area contributed by atoms with Gasteiger partial charge in [0.2, 0.25) is 0 Å². The van der Waals surface area contributed by atoms with E-state index in [1.54, 1.807) is 19.4 Å². The van der Waals surface area contributed by atoms with Gasteiger partial charge in [-0.25, -0.2) is 14.5 Å². The van der Waals surface area contributed by atoms with Crippen molar-refractivity contribution in [3.05, 3.63) is 30.1 Å². The zero-order valence-corrected chi connectivity index (χ0v) is 12.5. The number of imidazole rings is 1. The summed E-state index contributed by atoms with van der Waals surface area (Å²) in [5.74, 6) is -0.387. The molecular formula is C14H21N5O2. The van der Waals surface area contributed by atoms with E-state index in [1.807, 2.05) is 15.4 Å². The predicted molar refractivity (Wildman–Crippen MR) is 76.8 cm³/mol. The SMILES string of the molecule is CCCc1c(C(=O)OCC)nnn1CCCn1ccnc1. The highest BCUT2D eigenvalue weighted by molar-refractivity contribution is 5.88. The van der Waals surface area contributed by atoms with E-state index in [0.717, 1.165) is 38.0 Å². The van der Waals surface area contributed by atoms with E-state index < -0.39 is 0 Å². The van der Waals surface area contributed by atoms with E-state index in [0.29, 0.717) is 12.3 Å². The van der Waals surface area contributed by atoms with Gasteiger partial charge in [-0.1, -0.05) is 18.6 Å². The number of esters is 1. The van der Waals surface area contributed by atoms with Crippen molar-refractivity contribution in [2.45, 2.75) is 46.2 Å². The molecule has 0 aromatic carbocycles. The molecule has 7 heteroatoms. The Morgan fingerprint density at radius 1 is 1.33 bits per heavy atom. The Balaban J connectivity index is 2.02. The normalized spacial score (nSPS) is 10.8. The third-order valence-electron chi connectivity index (χ3n) is 3.14. The van der Waals surface area contributed by atoms with Gasteiger partial charge in [-0.15, -0.1) is 5.10 Å². The van der Waals surface area contributed by atoms with E-state index in [-0.39, 0.29) is 5.97 Å². The van der Waals surface area contributed by atoms with Crippen LogP contribution in [0.5, 0.6) is 0 Å². The van der Waals surface area contributed by atoms with Gasteiger partial charge in [0.25, 0.3) is 0 Å². The van der Waals surface area contributed by atoms with Crippen LogP contribution in [-0.2, 0) is 24.2 Å². The van der Waals surface area contributed by atoms with E-state index in [1.165, 1.54) is 0 Å². The summed E-state index contributed by atoms with van der Waals surface area (Å²) in [6.07, 6.45) is 8.08. The fraction of sp³-hybridized carbons (Fsp3) is 0.571. The molecule has 2 rings (SSSR count). The summed E-state index contributed by atoms with van der Waals surface area (Å²) in [4.78, 5) is 15.9. The van der Waals surface area contributed by atoms with Gasteiger partial charge in [0, 0.05) is 25.5 Å². The molecule has 0 fully saturated rings. The molecule has 0 radical (unpaired) electrons. The minimum absolute atomic E-state index is 0.345. The molecule has 0 aliphatic carbocycles. The Labute approximate surface area is 123 Å². The van der Waals surface area contributed by atoms with Crippen molar-refractivity contribution < 1.29 is 9.53 Å². The molecule has 0 atom stereocenters. The summed E-state index contributed by atoms with van der Waals surface area (Å²) in [5.41, 5.74) is 1.21. The number of aromatic nitrogens is 5. The van der Waals surface area contributed by atoms with Gasteiger partial charge < -0.3 is 9.30 Å². The van der Waals surface area contributed by atoms with E-state index in [9.17, 15) is 4.79 Å². The lowest BCUT2D eigenvalue weighted by Crippen LogP contribution is -2.12. The van der Waals surface area contributed by atoms with Gasteiger partial charge in [-0.3, -0.25) is 0 Å². The second kappa shape index (κ2) is 7.56. The number of hydrogen-bond donors (Lipinski definition) is 0. The van der Waals surface area contributed by atoms with Crippen LogP contribution >= 0.6 is 0 Å². The van der Waals surface area contributed by atoms with Crippen molar-refractivity contribution in [2.75, 3.05) is 6.61 Å². The molecule has 7 nitrogen and oxygen atoms in total. The zero-order valence-electron chi connectivity index (χ0n) is 12.5. The molecule has 0 saturated heterocycles. The Hall–Kier alpha value is -2.18. The molecule has 2 aromatic rings. The molecule has 21 heavy (non-hydrogen) atoms. The molecule has 0 saturated carbocycles. The number of carbonyl (C=O) groups excluding carboxylic acids is 1. The predicted octanol–water partition coefficient (Wildman–Crippen LogP) is 1.69. The molecular weight excluding hydrogens is 270 g/mol. The Morgan fingerprint density at radius 3 is 2.86 bits per heavy atom. The van der Waals surface area contributed by atoms with Crippen LogP contribution < -0.4 is 0 Å². The lowest BCUT2D eigenvalue weighted by atomic mass is 10.2. The summed E-state index contributed by atoms with van der Waals surface area (Å²) >= 11 is 0. The average Bonchev–Trinajstić information content (AvgIpc) is 3.10. The summed E-state index contributed by atoms with van der Waals surface area (Å²) in [6, 6.07) is 0. The summed E-state index contributed by atoms with van der Waals surface area (Å²) in [5, 5.41) is 8.09. The van der Waals surface area contributed by atoms with Crippen LogP contribution in [0.15, 0.2) is 18.7 Å². The minimum Gasteiger partial charge on any atom is -0.461 e. The summed E-state index contributed by atoms with van der Waals surface area (Å²) in [7, 11) is 0. The van der Waals surface area contributed by atoms with Crippen molar-refractivity contribution in [3.8, 4) is 0 Å². The average molecular weight is 291 g/mol. The zero-order chi connectivity index (χ0) is 15.1. The maximum Gasteiger partial charge on any atom is 0.360 e. The van der Waals surface area contributed by atoms with Crippen molar-refractivity contribution in [3.63, 3.8) is 0 Å². The first kappa shape index (κ1) is 15.2. The third-order valence-corrected chi connectivity index (χ3v) is 3.14. The maximum atomic E-state index is 11.9. The highest BCUT2D eigenvalue weighted by Crippen LogP contribution is 2.11. The second-order valence-electron chi connectivity index (χ2n) is 4.73. The van der Waals surface area contributed by atoms with Gasteiger partial charge in [-0.2, -0.15) is 0 Å². The lowest BCUT2D eigenvalue weighted by Gasteiger charge is -2.07. The Kier molecular flexibility index (Phi) is 5.48. The van der Waals surface area contributed by atoms with E-state index in [2.05, 4.69) is 22.2 Å². The van der Waals surface area contributed by atoms with Crippen LogP contribution in [0.3, 0.4) is 0 Å². The van der Waals surface area contributed by atoms with Crippen molar-refractivity contribution in [1.82, 2.24) is 24.5 Å². The number of hydrogen-bond acceptors (Lipinski definition) is 5. The van der Waals surface area contributed by atoms with E-state index >= 15 is 0 Å². The highest BCUT2D eigenvalue weighted by atomic mass is 16.5. The number of aryl methyl sites for hydroxylation is 2. The van der Waals surface area contributed by atoms with Gasteiger partial charge in [0.15, 0.2) is 5.69 Å². The number of nitrogens with zero attached hydrogens (tertiary/aromatic N) is 5. The van der Waals surface area contributed by atoms with Crippen LogP contribution in [0.4, 0.5) is 0 Å². The molecule has 0 N–H and O–H groups in total. The molecule has 0 bridgehead atoms. The molecule has 2 aromatic heterocycles. The highest BCUT2D eigenvalue weighted by Gasteiger charge is 2.19. The van der Waals surface area contributed by atoms with Gasteiger partial charge >= 0.3 is 5.97 Å². The van der Waals surface area contributed by atoms with Crippen LogP contribution in [0, 0.1) is 0 Å². The maximum absolute atomic E-state index is 11.9. The smallest absolute Gasteiger partial charge is 0.360 e. The number of rotatable bonds is 8. The van der Waals surface area contributed by atoms with Crippen molar-refractivity contribution in [2.24, 2.45) is 0 Å². The molecule has 0 aliphatic heterocycles. The largest absolute Gasteiger partial charge is 0.461 e. The van der Waals surface area contributed by atoms with Gasteiger partial charge in [0.1, 0.15) is 0 Å². The van der Waals surface area contributed by atoms with Crippen molar-refractivity contribution >= 4 is 5.97 Å². The molecule has 0 amide bonds. The van der Waals surface area contributed by atoms with Crippen LogP contribution in [0.1, 0.15) is 42.9 Å². The third kappa shape index (κ3) is 3.90. The number of ether oxygens (including phenoxy) is 1. The quantitative estimate of drug-likeness (QED) is 0.692. The van der Waals surface area contributed by atoms with Gasteiger partial charge in [0.05, 0.1) is 18.6 Å². The molecule has 0 spiro atoms. The molecule has 2 heterocycles. The fourth-order valence-electron chi connectivity index (χ4n) is 2.18. The first-order chi connectivity index (χ1) is 10.3. The fourth-order valence-corrected chi connectivity index (χ4v) is 2.18.